The Bertz CT molecular complexity index is 977. The smallest absolute Gasteiger partial charge is 0.251 e. The van der Waals surface area contributed by atoms with Crippen molar-refractivity contribution in [3.8, 4) is 10.6 Å². The molecule has 6 nitrogen and oxygen atoms in total. The van der Waals surface area contributed by atoms with Crippen LogP contribution in [0.3, 0.4) is 0 Å². The van der Waals surface area contributed by atoms with Gasteiger partial charge in [-0.25, -0.2) is 4.98 Å². The topological polar surface area (TPSA) is 65.5 Å². The van der Waals surface area contributed by atoms with E-state index in [1.807, 2.05) is 23.6 Å². The quantitative estimate of drug-likeness (QED) is 0.586. The van der Waals surface area contributed by atoms with Crippen molar-refractivity contribution in [1.82, 2.24) is 20.1 Å². The molecule has 2 aliphatic rings. The van der Waals surface area contributed by atoms with Crippen LogP contribution in [0.15, 0.2) is 35.8 Å². The summed E-state index contributed by atoms with van der Waals surface area (Å²) < 4.78 is 0. The highest BCUT2D eigenvalue weighted by Crippen LogP contribution is 2.36. The predicted octanol–water partition coefficient (Wildman–Crippen LogP) is 4.82. The third-order valence-electron chi connectivity index (χ3n) is 7.71. The summed E-state index contributed by atoms with van der Waals surface area (Å²) in [4.78, 5) is 35.3. The van der Waals surface area contributed by atoms with Crippen molar-refractivity contribution in [1.29, 1.82) is 0 Å². The fourth-order valence-electron chi connectivity index (χ4n) is 5.67. The lowest BCUT2D eigenvalue weighted by Crippen LogP contribution is -2.51. The highest BCUT2D eigenvalue weighted by Gasteiger charge is 2.42. The number of hydrogen-bond donors (Lipinski definition) is 1. The molecule has 34 heavy (non-hydrogen) atoms. The van der Waals surface area contributed by atoms with E-state index in [4.69, 9.17) is 0 Å². The molecule has 1 N–H and O–H groups in total. The van der Waals surface area contributed by atoms with Crippen molar-refractivity contribution in [2.45, 2.75) is 83.5 Å². The molecule has 1 aliphatic heterocycles. The Morgan fingerprint density at radius 2 is 2.12 bits per heavy atom. The van der Waals surface area contributed by atoms with Crippen molar-refractivity contribution in [3.05, 3.63) is 41.4 Å². The first kappa shape index (κ1) is 24.9. The SMILES string of the molecule is CCC[C@@H]1C[C@H](N(C)C(C)C)CC[C@@H]1N1CC[C@H](NC(=O)c2cccc(-c3nccs3)c2)C1=O. The predicted molar refractivity (Wildman–Crippen MR) is 138 cm³/mol. The Morgan fingerprint density at radius 3 is 2.82 bits per heavy atom. The molecule has 1 aromatic heterocycles. The van der Waals surface area contributed by atoms with Crippen molar-refractivity contribution >= 4 is 23.2 Å². The zero-order chi connectivity index (χ0) is 24.2. The summed E-state index contributed by atoms with van der Waals surface area (Å²) in [6.07, 6.45) is 8.06. The summed E-state index contributed by atoms with van der Waals surface area (Å²) in [5.74, 6) is 0.426. The number of rotatable bonds is 8. The minimum absolute atomic E-state index is 0.0891. The fraction of sp³-hybridized carbons (Fsp3) is 0.593. The van der Waals surface area contributed by atoms with Crippen LogP contribution in [-0.4, -0.2) is 64.4 Å². The van der Waals surface area contributed by atoms with Crippen molar-refractivity contribution in [3.63, 3.8) is 0 Å². The molecule has 1 saturated heterocycles. The molecule has 0 spiro atoms. The van der Waals surface area contributed by atoms with Gasteiger partial charge in [-0.05, 0) is 71.0 Å². The highest BCUT2D eigenvalue weighted by atomic mass is 32.1. The first-order chi connectivity index (χ1) is 16.4. The van der Waals surface area contributed by atoms with Gasteiger partial charge in [0.2, 0.25) is 5.91 Å². The van der Waals surface area contributed by atoms with Crippen molar-refractivity contribution in [2.24, 2.45) is 5.92 Å². The van der Waals surface area contributed by atoms with Crippen LogP contribution in [0.5, 0.6) is 0 Å². The molecule has 0 radical (unpaired) electrons. The molecule has 4 atom stereocenters. The van der Waals surface area contributed by atoms with E-state index in [1.165, 1.54) is 0 Å². The Labute approximate surface area is 207 Å². The lowest BCUT2D eigenvalue weighted by molar-refractivity contribution is -0.133. The minimum Gasteiger partial charge on any atom is -0.340 e. The van der Waals surface area contributed by atoms with E-state index in [1.54, 1.807) is 23.6 Å². The van der Waals surface area contributed by atoms with Crippen LogP contribution in [0.2, 0.25) is 0 Å². The number of carbonyl (C=O) groups excluding carboxylic acids is 2. The van der Waals surface area contributed by atoms with E-state index in [0.717, 1.165) is 49.2 Å². The highest BCUT2D eigenvalue weighted by molar-refractivity contribution is 7.13. The van der Waals surface area contributed by atoms with Gasteiger partial charge in [-0.15, -0.1) is 11.3 Å². The minimum atomic E-state index is -0.436. The fourth-order valence-corrected chi connectivity index (χ4v) is 6.31. The monoisotopic (exact) mass is 482 g/mol. The molecule has 7 heteroatoms. The van der Waals surface area contributed by atoms with Crippen LogP contribution in [0, 0.1) is 5.92 Å². The number of likely N-dealkylation sites (tertiary alicyclic amines) is 1. The number of nitrogens with zero attached hydrogens (tertiary/aromatic N) is 3. The van der Waals surface area contributed by atoms with Gasteiger partial charge < -0.3 is 15.1 Å². The molecule has 184 valence electrons. The third kappa shape index (κ3) is 5.36. The standard InChI is InChI=1S/C27H38N4O2S/c1-5-7-19-17-22(30(4)18(2)3)10-11-24(19)31-14-12-23(27(31)33)29-25(32)20-8-6-9-21(16-20)26-28-13-15-34-26/h6,8-9,13,15-16,18-19,22-24H,5,7,10-12,14,17H2,1-4H3,(H,29,32)/t19-,22-,23+,24+/m1/s1. The molecular formula is C27H38N4O2S. The number of thiazole rings is 1. The largest absolute Gasteiger partial charge is 0.340 e. The van der Waals surface area contributed by atoms with Gasteiger partial charge in [-0.3, -0.25) is 9.59 Å². The molecular weight excluding hydrogens is 444 g/mol. The maximum atomic E-state index is 13.4. The number of hydrogen-bond acceptors (Lipinski definition) is 5. The average molecular weight is 483 g/mol. The number of benzene rings is 1. The Hall–Kier alpha value is -2.25. The van der Waals surface area contributed by atoms with E-state index >= 15 is 0 Å². The second-order valence-electron chi connectivity index (χ2n) is 10.1. The van der Waals surface area contributed by atoms with E-state index in [2.05, 4.69) is 47.9 Å². The molecule has 4 rings (SSSR count). The van der Waals surface area contributed by atoms with Crippen LogP contribution in [0.25, 0.3) is 10.6 Å². The normalized spacial score (nSPS) is 25.4. The number of carbonyl (C=O) groups is 2. The molecule has 2 fully saturated rings. The van der Waals surface area contributed by atoms with Gasteiger partial charge >= 0.3 is 0 Å². The second-order valence-corrected chi connectivity index (χ2v) is 11.0. The summed E-state index contributed by atoms with van der Waals surface area (Å²) in [6, 6.07) is 8.46. The maximum absolute atomic E-state index is 13.4. The second kappa shape index (κ2) is 11.0. The summed E-state index contributed by atoms with van der Waals surface area (Å²) in [5, 5.41) is 5.83. The van der Waals surface area contributed by atoms with Crippen LogP contribution in [0.1, 0.15) is 69.7 Å². The van der Waals surface area contributed by atoms with E-state index in [-0.39, 0.29) is 11.8 Å². The molecule has 1 aromatic carbocycles. The van der Waals surface area contributed by atoms with Crippen LogP contribution < -0.4 is 5.32 Å². The first-order valence-corrected chi connectivity index (χ1v) is 13.6. The summed E-state index contributed by atoms with van der Waals surface area (Å²) >= 11 is 1.55. The Kier molecular flexibility index (Phi) is 8.04. The number of amides is 2. The third-order valence-corrected chi connectivity index (χ3v) is 8.54. The van der Waals surface area contributed by atoms with Gasteiger partial charge in [0.1, 0.15) is 11.0 Å². The van der Waals surface area contributed by atoms with E-state index in [0.29, 0.717) is 36.0 Å². The average Bonchev–Trinajstić information content (AvgIpc) is 3.50. The van der Waals surface area contributed by atoms with Gasteiger partial charge in [0.05, 0.1) is 0 Å². The van der Waals surface area contributed by atoms with E-state index in [9.17, 15) is 9.59 Å². The molecule has 0 unspecified atom stereocenters. The van der Waals surface area contributed by atoms with Crippen LogP contribution >= 0.6 is 11.3 Å². The van der Waals surface area contributed by atoms with Gasteiger partial charge in [0.15, 0.2) is 0 Å². The zero-order valence-corrected chi connectivity index (χ0v) is 21.7. The Balaban J connectivity index is 1.40. The molecule has 2 heterocycles. The van der Waals surface area contributed by atoms with E-state index < -0.39 is 6.04 Å². The molecule has 0 bridgehead atoms. The summed E-state index contributed by atoms with van der Waals surface area (Å²) in [6.45, 7) is 7.48. The summed E-state index contributed by atoms with van der Waals surface area (Å²) in [5.41, 5.74) is 1.49. The van der Waals surface area contributed by atoms with Crippen molar-refractivity contribution < 1.29 is 9.59 Å². The van der Waals surface area contributed by atoms with Gasteiger partial charge in [-0.2, -0.15) is 0 Å². The van der Waals surface area contributed by atoms with Gasteiger partial charge in [0, 0.05) is 47.4 Å². The maximum Gasteiger partial charge on any atom is 0.251 e. The van der Waals surface area contributed by atoms with Crippen molar-refractivity contribution in [2.75, 3.05) is 13.6 Å². The van der Waals surface area contributed by atoms with Gasteiger partial charge in [0.25, 0.3) is 5.91 Å². The lowest BCUT2D eigenvalue weighted by Gasteiger charge is -2.44. The molecule has 2 aromatic rings. The summed E-state index contributed by atoms with van der Waals surface area (Å²) in [7, 11) is 2.23. The number of nitrogens with one attached hydrogen (secondary N) is 1. The lowest BCUT2D eigenvalue weighted by atomic mass is 9.77. The molecule has 1 saturated carbocycles. The van der Waals surface area contributed by atoms with Crippen LogP contribution in [0.4, 0.5) is 0 Å². The van der Waals surface area contributed by atoms with Crippen LogP contribution in [-0.2, 0) is 4.79 Å². The van der Waals surface area contributed by atoms with Gasteiger partial charge in [-0.1, -0.05) is 25.5 Å². The molecule has 1 aliphatic carbocycles. The first-order valence-electron chi connectivity index (χ1n) is 12.7. The number of aromatic nitrogens is 1. The zero-order valence-electron chi connectivity index (χ0n) is 20.9. The Morgan fingerprint density at radius 1 is 1.29 bits per heavy atom. The molecule has 2 amide bonds.